The summed E-state index contributed by atoms with van der Waals surface area (Å²) >= 11 is 0. The Kier molecular flexibility index (Phi) is 4.44. The summed E-state index contributed by atoms with van der Waals surface area (Å²) in [5.74, 6) is 0.184. The molecule has 4 nitrogen and oxygen atoms in total. The third-order valence-corrected chi connectivity index (χ3v) is 4.90. The van der Waals surface area contributed by atoms with E-state index in [-0.39, 0.29) is 29.0 Å². The lowest BCUT2D eigenvalue weighted by molar-refractivity contribution is -0.207. The number of rotatable bonds is 5. The zero-order valence-corrected chi connectivity index (χ0v) is 12.6. The molecule has 2 N–H and O–H groups in total. The van der Waals surface area contributed by atoms with E-state index >= 15 is 0 Å². The first-order chi connectivity index (χ1) is 8.15. The lowest BCUT2D eigenvalue weighted by Crippen LogP contribution is -2.68. The van der Waals surface area contributed by atoms with E-state index in [1.54, 1.807) is 7.11 Å². The van der Waals surface area contributed by atoms with Crippen LogP contribution in [0.3, 0.4) is 0 Å². The number of carbonyl (C=O) groups excluding carboxylic acids is 1. The first kappa shape index (κ1) is 15.4. The van der Waals surface area contributed by atoms with Crippen molar-refractivity contribution in [1.29, 1.82) is 0 Å². The fourth-order valence-corrected chi connectivity index (χ4v) is 2.78. The number of ether oxygens (including phenoxy) is 1. The highest BCUT2D eigenvalue weighted by atomic mass is 16.5. The Hall–Kier alpha value is -0.610. The van der Waals surface area contributed by atoms with Crippen LogP contribution < -0.4 is 5.73 Å². The van der Waals surface area contributed by atoms with E-state index < -0.39 is 0 Å². The standard InChI is InChI=1S/C14H28N2O2/c1-10(15)7-8-12(17)16(5)11-9-14(4,18-6)13(11,2)3/h10-11H,7-9,15H2,1-6H3. The minimum Gasteiger partial charge on any atom is -0.378 e. The summed E-state index contributed by atoms with van der Waals surface area (Å²) in [7, 11) is 3.64. The summed E-state index contributed by atoms with van der Waals surface area (Å²) in [5, 5.41) is 0. The summed E-state index contributed by atoms with van der Waals surface area (Å²) in [6.07, 6.45) is 2.18. The Morgan fingerprint density at radius 3 is 2.44 bits per heavy atom. The van der Waals surface area contributed by atoms with Crippen molar-refractivity contribution in [2.75, 3.05) is 14.2 Å². The fourth-order valence-electron chi connectivity index (χ4n) is 2.78. The second kappa shape index (κ2) is 5.17. The third-order valence-electron chi connectivity index (χ3n) is 4.90. The molecule has 0 radical (unpaired) electrons. The van der Waals surface area contributed by atoms with Crippen LogP contribution in [0.5, 0.6) is 0 Å². The molecule has 4 heteroatoms. The minimum atomic E-state index is -0.132. The summed E-state index contributed by atoms with van der Waals surface area (Å²) in [5.41, 5.74) is 5.55. The molecule has 3 unspecified atom stereocenters. The van der Waals surface area contributed by atoms with Crippen molar-refractivity contribution in [3.8, 4) is 0 Å². The highest BCUT2D eigenvalue weighted by Crippen LogP contribution is 2.53. The van der Waals surface area contributed by atoms with Gasteiger partial charge in [0.15, 0.2) is 0 Å². The first-order valence-electron chi connectivity index (χ1n) is 6.72. The summed E-state index contributed by atoms with van der Waals surface area (Å²) in [6.45, 7) is 8.38. The van der Waals surface area contributed by atoms with Crippen molar-refractivity contribution < 1.29 is 9.53 Å². The van der Waals surface area contributed by atoms with Gasteiger partial charge in [0, 0.05) is 38.1 Å². The van der Waals surface area contributed by atoms with Gasteiger partial charge in [-0.3, -0.25) is 4.79 Å². The summed E-state index contributed by atoms with van der Waals surface area (Å²) in [4.78, 5) is 14.0. The Balaban J connectivity index is 2.60. The second-order valence-electron chi connectivity index (χ2n) is 6.40. The largest absolute Gasteiger partial charge is 0.378 e. The Morgan fingerprint density at radius 1 is 1.50 bits per heavy atom. The highest BCUT2D eigenvalue weighted by molar-refractivity contribution is 5.76. The van der Waals surface area contributed by atoms with Crippen molar-refractivity contribution in [2.24, 2.45) is 11.1 Å². The molecule has 1 rings (SSSR count). The Morgan fingerprint density at radius 2 is 2.06 bits per heavy atom. The normalized spacial score (nSPS) is 31.6. The minimum absolute atomic E-state index is 0.0134. The van der Waals surface area contributed by atoms with Gasteiger partial charge in [0.1, 0.15) is 0 Å². The van der Waals surface area contributed by atoms with E-state index in [4.69, 9.17) is 10.5 Å². The van der Waals surface area contributed by atoms with Crippen molar-refractivity contribution in [3.63, 3.8) is 0 Å². The molecule has 0 aromatic carbocycles. The number of hydrogen-bond donors (Lipinski definition) is 1. The summed E-state index contributed by atoms with van der Waals surface area (Å²) in [6, 6.07) is 0.337. The highest BCUT2D eigenvalue weighted by Gasteiger charge is 2.59. The maximum atomic E-state index is 12.1. The molecular formula is C14H28N2O2. The molecule has 1 fully saturated rings. The number of amides is 1. The van der Waals surface area contributed by atoms with Crippen LogP contribution in [0.25, 0.3) is 0 Å². The average molecular weight is 256 g/mol. The molecule has 0 spiro atoms. The topological polar surface area (TPSA) is 55.6 Å². The van der Waals surface area contributed by atoms with Crippen molar-refractivity contribution >= 4 is 5.91 Å². The fraction of sp³-hybridized carbons (Fsp3) is 0.929. The average Bonchev–Trinajstić information content (AvgIpc) is 2.31. The zero-order chi connectivity index (χ0) is 14.1. The molecule has 0 heterocycles. The van der Waals surface area contributed by atoms with E-state index in [9.17, 15) is 4.79 Å². The predicted octanol–water partition coefficient (Wildman–Crippen LogP) is 1.78. The molecule has 0 aliphatic heterocycles. The van der Waals surface area contributed by atoms with Gasteiger partial charge in [-0.25, -0.2) is 0 Å². The number of methoxy groups -OCH3 is 1. The molecule has 18 heavy (non-hydrogen) atoms. The lowest BCUT2D eigenvalue weighted by atomic mass is 9.55. The maximum Gasteiger partial charge on any atom is 0.222 e. The molecule has 0 bridgehead atoms. The van der Waals surface area contributed by atoms with Gasteiger partial charge >= 0.3 is 0 Å². The Labute approximate surface area is 111 Å². The van der Waals surface area contributed by atoms with Crippen LogP contribution in [-0.4, -0.2) is 42.6 Å². The maximum absolute atomic E-state index is 12.1. The molecule has 3 atom stereocenters. The quantitative estimate of drug-likeness (QED) is 0.815. The van der Waals surface area contributed by atoms with Crippen LogP contribution in [-0.2, 0) is 9.53 Å². The second-order valence-corrected chi connectivity index (χ2v) is 6.40. The molecule has 0 aromatic rings. The van der Waals surface area contributed by atoms with Gasteiger partial charge in [0.05, 0.1) is 5.60 Å². The molecule has 1 amide bonds. The van der Waals surface area contributed by atoms with Gasteiger partial charge in [0.25, 0.3) is 0 Å². The van der Waals surface area contributed by atoms with Crippen molar-refractivity contribution in [3.05, 3.63) is 0 Å². The number of carbonyl (C=O) groups is 1. The van der Waals surface area contributed by atoms with Crippen LogP contribution in [0.15, 0.2) is 0 Å². The molecule has 0 aromatic heterocycles. The molecule has 1 aliphatic carbocycles. The van der Waals surface area contributed by atoms with Gasteiger partial charge < -0.3 is 15.4 Å². The predicted molar refractivity (Wildman–Crippen MR) is 73.3 cm³/mol. The zero-order valence-electron chi connectivity index (χ0n) is 12.6. The van der Waals surface area contributed by atoms with E-state index in [1.165, 1.54) is 0 Å². The van der Waals surface area contributed by atoms with Crippen LogP contribution in [0, 0.1) is 5.41 Å². The van der Waals surface area contributed by atoms with Crippen LogP contribution in [0.1, 0.15) is 47.0 Å². The SMILES string of the molecule is COC1(C)CC(N(C)C(=O)CCC(C)N)C1(C)C. The number of nitrogens with two attached hydrogens (primary N) is 1. The van der Waals surface area contributed by atoms with E-state index in [0.717, 1.165) is 12.8 Å². The molecule has 0 saturated heterocycles. The smallest absolute Gasteiger partial charge is 0.222 e. The molecular weight excluding hydrogens is 228 g/mol. The third kappa shape index (κ3) is 2.54. The molecule has 1 saturated carbocycles. The van der Waals surface area contributed by atoms with Gasteiger partial charge in [-0.05, 0) is 26.7 Å². The first-order valence-corrected chi connectivity index (χ1v) is 6.72. The molecule has 106 valence electrons. The van der Waals surface area contributed by atoms with E-state index in [0.29, 0.717) is 6.42 Å². The van der Waals surface area contributed by atoms with E-state index in [1.807, 2.05) is 18.9 Å². The number of hydrogen-bond acceptors (Lipinski definition) is 3. The summed E-state index contributed by atoms with van der Waals surface area (Å²) < 4.78 is 5.59. The van der Waals surface area contributed by atoms with Gasteiger partial charge in [-0.15, -0.1) is 0 Å². The van der Waals surface area contributed by atoms with Crippen molar-refractivity contribution in [2.45, 2.75) is 64.6 Å². The Bertz CT molecular complexity index is 315. The van der Waals surface area contributed by atoms with Crippen LogP contribution in [0.4, 0.5) is 0 Å². The van der Waals surface area contributed by atoms with Gasteiger partial charge in [-0.2, -0.15) is 0 Å². The van der Waals surface area contributed by atoms with E-state index in [2.05, 4.69) is 20.8 Å². The van der Waals surface area contributed by atoms with Crippen LogP contribution in [0.2, 0.25) is 0 Å². The monoisotopic (exact) mass is 256 g/mol. The van der Waals surface area contributed by atoms with Crippen LogP contribution >= 0.6 is 0 Å². The number of nitrogens with zero attached hydrogens (tertiary/aromatic N) is 1. The van der Waals surface area contributed by atoms with Crippen molar-refractivity contribution in [1.82, 2.24) is 4.90 Å². The van der Waals surface area contributed by atoms with Gasteiger partial charge in [-0.1, -0.05) is 13.8 Å². The molecule has 1 aliphatic rings. The lowest BCUT2D eigenvalue weighted by Gasteiger charge is -2.61. The van der Waals surface area contributed by atoms with Gasteiger partial charge in [0.2, 0.25) is 5.91 Å².